The first kappa shape index (κ1) is 14.5. The molecule has 0 bridgehead atoms. The SMILES string of the molecule is Cc1ccc(NC(=O)[C@H](C)N2CCOCC2)c(Br)c1. The van der Waals surface area contributed by atoms with Crippen LogP contribution < -0.4 is 5.32 Å². The maximum absolute atomic E-state index is 12.2. The van der Waals surface area contributed by atoms with E-state index in [0.717, 1.165) is 28.8 Å². The average Bonchev–Trinajstić information content (AvgIpc) is 2.42. The highest BCUT2D eigenvalue weighted by Gasteiger charge is 2.23. The van der Waals surface area contributed by atoms with Gasteiger partial charge in [-0.3, -0.25) is 9.69 Å². The number of anilines is 1. The molecule has 1 aliphatic heterocycles. The van der Waals surface area contributed by atoms with Gasteiger partial charge in [0.15, 0.2) is 0 Å². The number of benzene rings is 1. The number of hydrogen-bond acceptors (Lipinski definition) is 3. The molecule has 1 heterocycles. The van der Waals surface area contributed by atoms with Crippen molar-refractivity contribution in [2.75, 3.05) is 31.6 Å². The molecule has 0 unspecified atom stereocenters. The van der Waals surface area contributed by atoms with Crippen molar-refractivity contribution in [3.05, 3.63) is 28.2 Å². The number of aryl methyl sites for hydroxylation is 1. The van der Waals surface area contributed by atoms with Crippen LogP contribution in [0.15, 0.2) is 22.7 Å². The molecule has 19 heavy (non-hydrogen) atoms. The standard InChI is InChI=1S/C14H19BrN2O2/c1-10-3-4-13(12(15)9-10)16-14(18)11(2)17-5-7-19-8-6-17/h3-4,9,11H,5-8H2,1-2H3,(H,16,18)/t11-/m0/s1. The Balaban J connectivity index is 1.99. The number of amides is 1. The molecule has 104 valence electrons. The Morgan fingerprint density at radius 1 is 1.42 bits per heavy atom. The van der Waals surface area contributed by atoms with Gasteiger partial charge in [0.25, 0.3) is 0 Å². The van der Waals surface area contributed by atoms with Gasteiger partial charge in [-0.15, -0.1) is 0 Å². The summed E-state index contributed by atoms with van der Waals surface area (Å²) >= 11 is 3.47. The third-order valence-electron chi connectivity index (χ3n) is 3.36. The Bertz CT molecular complexity index is 459. The summed E-state index contributed by atoms with van der Waals surface area (Å²) in [6, 6.07) is 5.76. The second kappa shape index (κ2) is 6.50. The minimum Gasteiger partial charge on any atom is -0.379 e. The first-order valence-electron chi connectivity index (χ1n) is 6.47. The lowest BCUT2D eigenvalue weighted by atomic mass is 10.2. The molecular weight excluding hydrogens is 308 g/mol. The zero-order valence-corrected chi connectivity index (χ0v) is 12.9. The Labute approximate surface area is 122 Å². The van der Waals surface area contributed by atoms with Crippen LogP contribution in [-0.2, 0) is 9.53 Å². The number of ether oxygens (including phenoxy) is 1. The van der Waals surface area contributed by atoms with E-state index in [-0.39, 0.29) is 11.9 Å². The predicted octanol–water partition coefficient (Wildman–Crippen LogP) is 2.42. The summed E-state index contributed by atoms with van der Waals surface area (Å²) in [5, 5.41) is 2.97. The fourth-order valence-electron chi connectivity index (χ4n) is 2.09. The van der Waals surface area contributed by atoms with E-state index in [1.165, 1.54) is 0 Å². The van der Waals surface area contributed by atoms with E-state index in [9.17, 15) is 4.79 Å². The maximum Gasteiger partial charge on any atom is 0.241 e. The molecule has 0 aliphatic carbocycles. The lowest BCUT2D eigenvalue weighted by molar-refractivity contribution is -0.122. The van der Waals surface area contributed by atoms with Gasteiger partial charge >= 0.3 is 0 Å². The zero-order chi connectivity index (χ0) is 13.8. The van der Waals surface area contributed by atoms with Crippen LogP contribution in [-0.4, -0.2) is 43.2 Å². The lowest BCUT2D eigenvalue weighted by Gasteiger charge is -2.31. The second-order valence-electron chi connectivity index (χ2n) is 4.80. The number of nitrogens with one attached hydrogen (secondary N) is 1. The molecule has 0 spiro atoms. The van der Waals surface area contributed by atoms with E-state index in [4.69, 9.17) is 4.74 Å². The van der Waals surface area contributed by atoms with Crippen molar-refractivity contribution in [2.45, 2.75) is 19.9 Å². The van der Waals surface area contributed by atoms with Crippen LogP contribution in [0, 0.1) is 6.92 Å². The fraction of sp³-hybridized carbons (Fsp3) is 0.500. The van der Waals surface area contributed by atoms with E-state index in [1.807, 2.05) is 32.0 Å². The van der Waals surface area contributed by atoms with Crippen LogP contribution in [0.4, 0.5) is 5.69 Å². The molecule has 1 saturated heterocycles. The van der Waals surface area contributed by atoms with Crippen molar-refractivity contribution < 1.29 is 9.53 Å². The summed E-state index contributed by atoms with van der Waals surface area (Å²) in [7, 11) is 0. The quantitative estimate of drug-likeness (QED) is 0.927. The molecule has 0 aromatic heterocycles. The Hall–Kier alpha value is -0.910. The van der Waals surface area contributed by atoms with Gasteiger partial charge in [0.2, 0.25) is 5.91 Å². The molecular formula is C14H19BrN2O2. The lowest BCUT2D eigenvalue weighted by Crippen LogP contribution is -2.47. The van der Waals surface area contributed by atoms with E-state index >= 15 is 0 Å². The molecule has 1 fully saturated rings. The van der Waals surface area contributed by atoms with E-state index in [2.05, 4.69) is 26.1 Å². The molecule has 1 aromatic carbocycles. The van der Waals surface area contributed by atoms with Crippen molar-refractivity contribution in [1.82, 2.24) is 4.90 Å². The third-order valence-corrected chi connectivity index (χ3v) is 4.01. The summed E-state index contributed by atoms with van der Waals surface area (Å²) < 4.78 is 6.21. The Kier molecular flexibility index (Phi) is 4.96. The number of rotatable bonds is 3. The van der Waals surface area contributed by atoms with Crippen molar-refractivity contribution in [2.24, 2.45) is 0 Å². The van der Waals surface area contributed by atoms with Gasteiger partial charge in [-0.05, 0) is 47.5 Å². The summed E-state index contributed by atoms with van der Waals surface area (Å²) in [5.41, 5.74) is 1.97. The Morgan fingerprint density at radius 3 is 2.74 bits per heavy atom. The molecule has 1 amide bonds. The third kappa shape index (κ3) is 3.78. The minimum absolute atomic E-state index is 0.0199. The monoisotopic (exact) mass is 326 g/mol. The summed E-state index contributed by atoms with van der Waals surface area (Å²) in [4.78, 5) is 14.4. The number of halogens is 1. The number of carbonyl (C=O) groups is 1. The topological polar surface area (TPSA) is 41.6 Å². The number of nitrogens with zero attached hydrogens (tertiary/aromatic N) is 1. The number of morpholine rings is 1. The largest absolute Gasteiger partial charge is 0.379 e. The van der Waals surface area contributed by atoms with E-state index in [0.29, 0.717) is 13.2 Å². The number of hydrogen-bond donors (Lipinski definition) is 1. The van der Waals surface area contributed by atoms with E-state index in [1.54, 1.807) is 0 Å². The van der Waals surface area contributed by atoms with Gasteiger partial charge in [-0.25, -0.2) is 0 Å². The van der Waals surface area contributed by atoms with Gasteiger partial charge in [0.05, 0.1) is 24.9 Å². The molecule has 0 radical (unpaired) electrons. The summed E-state index contributed by atoms with van der Waals surface area (Å²) in [5.74, 6) is 0.0199. The van der Waals surface area contributed by atoms with Crippen LogP contribution in [0.2, 0.25) is 0 Å². The first-order valence-corrected chi connectivity index (χ1v) is 7.26. The molecule has 5 heteroatoms. The molecule has 1 aromatic rings. The van der Waals surface area contributed by atoms with Crippen LogP contribution in [0.5, 0.6) is 0 Å². The highest BCUT2D eigenvalue weighted by atomic mass is 79.9. The van der Waals surface area contributed by atoms with Crippen LogP contribution in [0.25, 0.3) is 0 Å². The fourth-order valence-corrected chi connectivity index (χ4v) is 2.68. The minimum atomic E-state index is -0.142. The van der Waals surface area contributed by atoms with Gasteiger partial charge in [-0.1, -0.05) is 6.07 Å². The van der Waals surface area contributed by atoms with E-state index < -0.39 is 0 Å². The van der Waals surface area contributed by atoms with Crippen LogP contribution in [0.3, 0.4) is 0 Å². The smallest absolute Gasteiger partial charge is 0.241 e. The predicted molar refractivity (Wildman–Crippen MR) is 79.4 cm³/mol. The second-order valence-corrected chi connectivity index (χ2v) is 5.65. The summed E-state index contributed by atoms with van der Waals surface area (Å²) in [6.07, 6.45) is 0. The highest BCUT2D eigenvalue weighted by molar-refractivity contribution is 9.10. The van der Waals surface area contributed by atoms with Crippen molar-refractivity contribution in [3.8, 4) is 0 Å². The summed E-state index contributed by atoms with van der Waals surface area (Å²) in [6.45, 7) is 6.97. The van der Waals surface area contributed by atoms with Gasteiger partial charge < -0.3 is 10.1 Å². The Morgan fingerprint density at radius 2 is 2.11 bits per heavy atom. The molecule has 1 aliphatic rings. The molecule has 4 nitrogen and oxygen atoms in total. The molecule has 2 rings (SSSR count). The highest BCUT2D eigenvalue weighted by Crippen LogP contribution is 2.23. The van der Waals surface area contributed by atoms with Crippen LogP contribution in [0.1, 0.15) is 12.5 Å². The number of carbonyl (C=O) groups excluding carboxylic acids is 1. The normalized spacial score (nSPS) is 18.1. The zero-order valence-electron chi connectivity index (χ0n) is 11.3. The molecule has 1 N–H and O–H groups in total. The van der Waals surface area contributed by atoms with Crippen molar-refractivity contribution in [3.63, 3.8) is 0 Å². The van der Waals surface area contributed by atoms with Crippen molar-refractivity contribution in [1.29, 1.82) is 0 Å². The molecule has 1 atom stereocenters. The van der Waals surface area contributed by atoms with Gasteiger partial charge in [0.1, 0.15) is 0 Å². The van der Waals surface area contributed by atoms with Gasteiger partial charge in [-0.2, -0.15) is 0 Å². The molecule has 0 saturated carbocycles. The van der Waals surface area contributed by atoms with Crippen molar-refractivity contribution >= 4 is 27.5 Å². The van der Waals surface area contributed by atoms with Crippen LogP contribution >= 0.6 is 15.9 Å². The van der Waals surface area contributed by atoms with Gasteiger partial charge in [0, 0.05) is 17.6 Å². The first-order chi connectivity index (χ1) is 9.08. The maximum atomic E-state index is 12.2. The average molecular weight is 327 g/mol.